The second-order valence-corrected chi connectivity index (χ2v) is 5.90. The van der Waals surface area contributed by atoms with Gasteiger partial charge >= 0.3 is 0 Å². The number of hydrogen-bond acceptors (Lipinski definition) is 2. The van der Waals surface area contributed by atoms with Gasteiger partial charge < -0.3 is 10.1 Å². The summed E-state index contributed by atoms with van der Waals surface area (Å²) in [7, 11) is 0. The van der Waals surface area contributed by atoms with Crippen LogP contribution in [0.25, 0.3) is 0 Å². The highest BCUT2D eigenvalue weighted by Gasteiger charge is 2.11. The van der Waals surface area contributed by atoms with Crippen LogP contribution in [0.5, 0.6) is 5.75 Å². The molecule has 0 aliphatic carbocycles. The number of carbonyl (C=O) groups excluding carboxylic acids is 1. The first-order chi connectivity index (χ1) is 10.9. The Labute approximate surface area is 140 Å². The lowest BCUT2D eigenvalue weighted by Gasteiger charge is -2.16. The highest BCUT2D eigenvalue weighted by atomic mass is 35.5. The average molecular weight is 336 g/mol. The third kappa shape index (κ3) is 4.70. The molecule has 2 aromatic carbocycles. The molecule has 0 aliphatic rings. The largest absolute Gasteiger partial charge is 0.484 e. The fourth-order valence-corrected chi connectivity index (χ4v) is 2.29. The number of halogens is 2. The summed E-state index contributed by atoms with van der Waals surface area (Å²) in [6.07, 6.45) is 0. The number of benzene rings is 2. The van der Waals surface area contributed by atoms with Crippen molar-refractivity contribution in [2.75, 3.05) is 6.61 Å². The molecule has 0 bridgehead atoms. The van der Waals surface area contributed by atoms with Gasteiger partial charge in [0.1, 0.15) is 11.6 Å². The molecule has 1 atom stereocenters. The number of nitrogens with one attached hydrogen (secondary N) is 1. The van der Waals surface area contributed by atoms with Crippen molar-refractivity contribution in [1.29, 1.82) is 0 Å². The minimum absolute atomic E-state index is 0.0357. The maximum atomic E-state index is 13.1. The molecule has 2 aromatic rings. The number of amides is 1. The third-order valence-corrected chi connectivity index (χ3v) is 3.96. The van der Waals surface area contributed by atoms with Gasteiger partial charge in [0.05, 0.1) is 11.1 Å². The zero-order valence-electron chi connectivity index (χ0n) is 13.3. The molecule has 5 heteroatoms. The lowest BCUT2D eigenvalue weighted by atomic mass is 10.0. The first-order valence-electron chi connectivity index (χ1n) is 7.31. The summed E-state index contributed by atoms with van der Waals surface area (Å²) in [5.41, 5.74) is 3.43. The van der Waals surface area contributed by atoms with Gasteiger partial charge in [0.25, 0.3) is 5.91 Å². The molecule has 0 unspecified atom stereocenters. The van der Waals surface area contributed by atoms with Crippen molar-refractivity contribution in [2.45, 2.75) is 26.8 Å². The highest BCUT2D eigenvalue weighted by Crippen LogP contribution is 2.21. The molecule has 1 N–H and O–H groups in total. The van der Waals surface area contributed by atoms with Crippen LogP contribution in [-0.4, -0.2) is 12.5 Å². The van der Waals surface area contributed by atoms with Crippen molar-refractivity contribution in [3.63, 3.8) is 0 Å². The van der Waals surface area contributed by atoms with E-state index in [9.17, 15) is 9.18 Å². The van der Waals surface area contributed by atoms with E-state index in [1.54, 1.807) is 0 Å². The van der Waals surface area contributed by atoms with Crippen LogP contribution in [0.1, 0.15) is 29.7 Å². The SMILES string of the molecule is Cc1ccc([C@@H](C)NC(=O)COc2ccc(F)c(Cl)c2)cc1C. The molecule has 0 saturated heterocycles. The number of ether oxygens (including phenoxy) is 1. The van der Waals surface area contributed by atoms with Gasteiger partial charge in [-0.2, -0.15) is 0 Å². The van der Waals surface area contributed by atoms with Gasteiger partial charge in [0.2, 0.25) is 0 Å². The predicted molar refractivity (Wildman–Crippen MR) is 89.4 cm³/mol. The Morgan fingerprint density at radius 1 is 1.22 bits per heavy atom. The smallest absolute Gasteiger partial charge is 0.258 e. The molecule has 122 valence electrons. The molecule has 0 aliphatic heterocycles. The molecule has 1 amide bonds. The van der Waals surface area contributed by atoms with Crippen LogP contribution >= 0.6 is 11.6 Å². The normalized spacial score (nSPS) is 11.9. The Kier molecular flexibility index (Phi) is 5.61. The average Bonchev–Trinajstić information content (AvgIpc) is 2.51. The summed E-state index contributed by atoms with van der Waals surface area (Å²) >= 11 is 5.67. The first-order valence-corrected chi connectivity index (χ1v) is 7.69. The van der Waals surface area contributed by atoms with E-state index in [0.29, 0.717) is 5.75 Å². The Bertz CT molecular complexity index is 718. The van der Waals surface area contributed by atoms with E-state index in [1.165, 1.54) is 29.3 Å². The molecule has 0 spiro atoms. The second kappa shape index (κ2) is 7.47. The van der Waals surface area contributed by atoms with Gasteiger partial charge in [0, 0.05) is 6.07 Å². The monoisotopic (exact) mass is 335 g/mol. The topological polar surface area (TPSA) is 38.3 Å². The zero-order chi connectivity index (χ0) is 17.0. The van der Waals surface area contributed by atoms with E-state index < -0.39 is 5.82 Å². The van der Waals surface area contributed by atoms with Crippen LogP contribution in [0, 0.1) is 19.7 Å². The van der Waals surface area contributed by atoms with E-state index >= 15 is 0 Å². The molecule has 2 rings (SSSR count). The van der Waals surface area contributed by atoms with Gasteiger partial charge in [-0.25, -0.2) is 4.39 Å². The highest BCUT2D eigenvalue weighted by molar-refractivity contribution is 6.30. The second-order valence-electron chi connectivity index (χ2n) is 5.50. The van der Waals surface area contributed by atoms with Crippen molar-refractivity contribution in [1.82, 2.24) is 5.32 Å². The van der Waals surface area contributed by atoms with Crippen LogP contribution in [0.2, 0.25) is 5.02 Å². The minimum atomic E-state index is -0.521. The Morgan fingerprint density at radius 3 is 2.61 bits per heavy atom. The van der Waals surface area contributed by atoms with Gasteiger partial charge in [0.15, 0.2) is 6.61 Å². The Morgan fingerprint density at radius 2 is 1.96 bits per heavy atom. The minimum Gasteiger partial charge on any atom is -0.484 e. The van der Waals surface area contributed by atoms with Crippen LogP contribution in [-0.2, 0) is 4.79 Å². The fourth-order valence-electron chi connectivity index (χ4n) is 2.12. The van der Waals surface area contributed by atoms with Gasteiger partial charge in [-0.15, -0.1) is 0 Å². The number of hydrogen-bond donors (Lipinski definition) is 1. The van der Waals surface area contributed by atoms with Crippen LogP contribution in [0.3, 0.4) is 0 Å². The van der Waals surface area contributed by atoms with Crippen molar-refractivity contribution in [2.24, 2.45) is 0 Å². The number of carbonyl (C=O) groups is 1. The lowest BCUT2D eigenvalue weighted by Crippen LogP contribution is -2.31. The Balaban J connectivity index is 1.90. The molecule has 0 heterocycles. The Hall–Kier alpha value is -2.07. The molecule has 0 fully saturated rings. The maximum Gasteiger partial charge on any atom is 0.258 e. The van der Waals surface area contributed by atoms with Crippen LogP contribution < -0.4 is 10.1 Å². The van der Waals surface area contributed by atoms with E-state index in [2.05, 4.69) is 11.4 Å². The number of aryl methyl sites for hydroxylation is 2. The van der Waals surface area contributed by atoms with E-state index in [1.807, 2.05) is 32.9 Å². The molecule has 3 nitrogen and oxygen atoms in total. The van der Waals surface area contributed by atoms with Gasteiger partial charge in [-0.05, 0) is 49.6 Å². The summed E-state index contributed by atoms with van der Waals surface area (Å²) in [6.45, 7) is 5.84. The summed E-state index contributed by atoms with van der Waals surface area (Å²) in [5.74, 6) is -0.423. The maximum absolute atomic E-state index is 13.1. The summed E-state index contributed by atoms with van der Waals surface area (Å²) in [6, 6.07) is 9.94. The molecule has 0 aromatic heterocycles. The number of rotatable bonds is 5. The summed E-state index contributed by atoms with van der Waals surface area (Å²) in [4.78, 5) is 12.0. The predicted octanol–water partition coefficient (Wildman–Crippen LogP) is 4.35. The summed E-state index contributed by atoms with van der Waals surface area (Å²) < 4.78 is 18.4. The van der Waals surface area contributed by atoms with Crippen molar-refractivity contribution in [3.8, 4) is 5.75 Å². The third-order valence-electron chi connectivity index (χ3n) is 3.67. The lowest BCUT2D eigenvalue weighted by molar-refractivity contribution is -0.123. The first kappa shape index (κ1) is 17.3. The molecular weight excluding hydrogens is 317 g/mol. The van der Waals surface area contributed by atoms with Gasteiger partial charge in [-0.1, -0.05) is 29.8 Å². The summed E-state index contributed by atoms with van der Waals surface area (Å²) in [5, 5.41) is 2.83. The van der Waals surface area contributed by atoms with Crippen LogP contribution in [0.4, 0.5) is 4.39 Å². The van der Waals surface area contributed by atoms with Crippen molar-refractivity contribution in [3.05, 3.63) is 63.9 Å². The standard InChI is InChI=1S/C18H19ClFNO2/c1-11-4-5-14(8-12(11)2)13(3)21-18(22)10-23-15-6-7-17(20)16(19)9-15/h4-9,13H,10H2,1-3H3,(H,21,22)/t13-/m1/s1. The molecule has 0 saturated carbocycles. The quantitative estimate of drug-likeness (QED) is 0.882. The molecule has 0 radical (unpaired) electrons. The van der Waals surface area contributed by atoms with Crippen molar-refractivity contribution < 1.29 is 13.9 Å². The van der Waals surface area contributed by atoms with E-state index in [4.69, 9.17) is 16.3 Å². The van der Waals surface area contributed by atoms with E-state index in [0.717, 1.165) is 5.56 Å². The molecule has 23 heavy (non-hydrogen) atoms. The van der Waals surface area contributed by atoms with Crippen molar-refractivity contribution >= 4 is 17.5 Å². The van der Waals surface area contributed by atoms with Gasteiger partial charge in [-0.3, -0.25) is 4.79 Å². The zero-order valence-corrected chi connectivity index (χ0v) is 14.1. The van der Waals surface area contributed by atoms with E-state index in [-0.39, 0.29) is 23.6 Å². The van der Waals surface area contributed by atoms with Crippen LogP contribution in [0.15, 0.2) is 36.4 Å². The fraction of sp³-hybridized carbons (Fsp3) is 0.278. The molecular formula is C18H19ClFNO2.